The summed E-state index contributed by atoms with van der Waals surface area (Å²) >= 11 is 2.25. The molecule has 1 atom stereocenters. The van der Waals surface area contributed by atoms with Gasteiger partial charge in [-0.05, 0) is 78.5 Å². The first kappa shape index (κ1) is 16.1. The van der Waals surface area contributed by atoms with Crippen molar-refractivity contribution in [3.63, 3.8) is 0 Å². The lowest BCUT2D eigenvalue weighted by atomic mass is 9.94. The molecule has 1 aliphatic carbocycles. The van der Waals surface area contributed by atoms with Crippen LogP contribution in [0, 0.1) is 9.49 Å². The average Bonchev–Trinajstić information content (AvgIpc) is 3.35. The third-order valence-corrected chi connectivity index (χ3v) is 5.51. The molecule has 2 aromatic rings. The Kier molecular flexibility index (Phi) is 4.56. The van der Waals surface area contributed by atoms with E-state index in [1.54, 1.807) is 0 Å². The number of aromatic nitrogens is 2. The molecule has 1 amide bonds. The second-order valence-corrected chi connectivity index (χ2v) is 8.04. The first-order valence-corrected chi connectivity index (χ1v) is 9.64. The van der Waals surface area contributed by atoms with E-state index in [1.807, 2.05) is 29.2 Å². The number of rotatable bonds is 4. The van der Waals surface area contributed by atoms with Gasteiger partial charge in [-0.1, -0.05) is 5.16 Å². The first-order chi connectivity index (χ1) is 11.7. The van der Waals surface area contributed by atoms with Crippen molar-refractivity contribution in [3.05, 3.63) is 45.1 Å². The van der Waals surface area contributed by atoms with Crippen LogP contribution < -0.4 is 0 Å². The van der Waals surface area contributed by atoms with Crippen molar-refractivity contribution in [1.29, 1.82) is 0 Å². The molecule has 0 radical (unpaired) electrons. The standard InChI is InChI=1S/C18H20IN3O2/c19-15-7-5-14(6-8-15)18(23)22-9-1-2-12(11-22)10-16-20-17(21-24-16)13-3-4-13/h5-8,12-13H,1-4,9-11H2. The SMILES string of the molecule is O=C(c1ccc(I)cc1)N1CCCC(Cc2nc(C3CC3)no2)C1. The van der Waals surface area contributed by atoms with Crippen LogP contribution >= 0.6 is 22.6 Å². The predicted octanol–water partition coefficient (Wildman–Crippen LogP) is 3.65. The Balaban J connectivity index is 1.39. The zero-order valence-corrected chi connectivity index (χ0v) is 15.6. The number of hydrogen-bond donors (Lipinski definition) is 0. The van der Waals surface area contributed by atoms with E-state index in [2.05, 4.69) is 32.7 Å². The molecule has 24 heavy (non-hydrogen) atoms. The molecule has 6 heteroatoms. The fraction of sp³-hybridized carbons (Fsp3) is 0.500. The number of piperidine rings is 1. The Bertz CT molecular complexity index is 724. The Morgan fingerprint density at radius 1 is 1.25 bits per heavy atom. The van der Waals surface area contributed by atoms with Crippen molar-refractivity contribution in [1.82, 2.24) is 15.0 Å². The van der Waals surface area contributed by atoms with E-state index in [-0.39, 0.29) is 5.91 Å². The zero-order chi connectivity index (χ0) is 16.5. The smallest absolute Gasteiger partial charge is 0.253 e. The maximum absolute atomic E-state index is 12.7. The van der Waals surface area contributed by atoms with Gasteiger partial charge in [0.2, 0.25) is 5.89 Å². The van der Waals surface area contributed by atoms with Crippen LogP contribution in [-0.2, 0) is 6.42 Å². The third kappa shape index (κ3) is 3.63. The molecule has 0 bridgehead atoms. The van der Waals surface area contributed by atoms with Gasteiger partial charge >= 0.3 is 0 Å². The lowest BCUT2D eigenvalue weighted by molar-refractivity contribution is 0.0668. The van der Waals surface area contributed by atoms with E-state index < -0.39 is 0 Å². The minimum Gasteiger partial charge on any atom is -0.339 e. The summed E-state index contributed by atoms with van der Waals surface area (Å²) in [4.78, 5) is 19.2. The molecule has 1 saturated carbocycles. The summed E-state index contributed by atoms with van der Waals surface area (Å²) in [7, 11) is 0. The van der Waals surface area contributed by atoms with Crippen LogP contribution in [0.15, 0.2) is 28.8 Å². The molecule has 1 aliphatic heterocycles. The van der Waals surface area contributed by atoms with E-state index >= 15 is 0 Å². The van der Waals surface area contributed by atoms with Crippen LogP contribution in [0.4, 0.5) is 0 Å². The van der Waals surface area contributed by atoms with Gasteiger partial charge in [0.1, 0.15) is 0 Å². The third-order valence-electron chi connectivity index (χ3n) is 4.79. The van der Waals surface area contributed by atoms with E-state index in [0.29, 0.717) is 11.8 Å². The molecule has 1 aromatic carbocycles. The lowest BCUT2D eigenvalue weighted by Crippen LogP contribution is -2.40. The molecular weight excluding hydrogens is 417 g/mol. The number of carbonyl (C=O) groups is 1. The van der Waals surface area contributed by atoms with Gasteiger partial charge in [0, 0.05) is 34.6 Å². The molecule has 1 saturated heterocycles. The first-order valence-electron chi connectivity index (χ1n) is 8.56. The second kappa shape index (κ2) is 6.82. The van der Waals surface area contributed by atoms with Crippen molar-refractivity contribution in [2.24, 2.45) is 5.92 Å². The molecule has 2 fully saturated rings. The normalized spacial score (nSPS) is 21.0. The Hall–Kier alpha value is -1.44. The number of hydrogen-bond acceptors (Lipinski definition) is 4. The van der Waals surface area contributed by atoms with Crippen LogP contribution in [0.3, 0.4) is 0 Å². The monoisotopic (exact) mass is 437 g/mol. The van der Waals surface area contributed by atoms with Crippen molar-refractivity contribution in [3.8, 4) is 0 Å². The number of likely N-dealkylation sites (tertiary alicyclic amines) is 1. The van der Waals surface area contributed by atoms with Crippen LogP contribution in [0.2, 0.25) is 0 Å². The van der Waals surface area contributed by atoms with E-state index in [4.69, 9.17) is 4.52 Å². The van der Waals surface area contributed by atoms with Crippen LogP contribution in [0.1, 0.15) is 53.7 Å². The number of halogens is 1. The van der Waals surface area contributed by atoms with Crippen molar-refractivity contribution < 1.29 is 9.32 Å². The summed E-state index contributed by atoms with van der Waals surface area (Å²) in [5.74, 6) is 2.64. The maximum atomic E-state index is 12.7. The molecule has 1 unspecified atom stereocenters. The number of benzene rings is 1. The largest absolute Gasteiger partial charge is 0.339 e. The fourth-order valence-corrected chi connectivity index (χ4v) is 3.66. The van der Waals surface area contributed by atoms with Gasteiger partial charge in [0.25, 0.3) is 5.91 Å². The summed E-state index contributed by atoms with van der Waals surface area (Å²) in [5.41, 5.74) is 0.768. The van der Waals surface area contributed by atoms with Crippen LogP contribution in [0.25, 0.3) is 0 Å². The van der Waals surface area contributed by atoms with Gasteiger partial charge < -0.3 is 9.42 Å². The van der Waals surface area contributed by atoms with Gasteiger partial charge in [-0.2, -0.15) is 4.98 Å². The van der Waals surface area contributed by atoms with Crippen molar-refractivity contribution >= 4 is 28.5 Å². The summed E-state index contributed by atoms with van der Waals surface area (Å²) in [6.45, 7) is 1.60. The Morgan fingerprint density at radius 2 is 2.04 bits per heavy atom. The van der Waals surface area contributed by atoms with E-state index in [0.717, 1.165) is 53.2 Å². The quantitative estimate of drug-likeness (QED) is 0.686. The van der Waals surface area contributed by atoms with Crippen molar-refractivity contribution in [2.75, 3.05) is 13.1 Å². The van der Waals surface area contributed by atoms with Gasteiger partial charge in [-0.15, -0.1) is 0 Å². The van der Waals surface area contributed by atoms with Gasteiger partial charge in [-0.25, -0.2) is 0 Å². The molecule has 2 aliphatic rings. The highest BCUT2D eigenvalue weighted by Gasteiger charge is 2.30. The van der Waals surface area contributed by atoms with Crippen LogP contribution in [0.5, 0.6) is 0 Å². The number of amides is 1. The molecule has 5 nitrogen and oxygen atoms in total. The second-order valence-electron chi connectivity index (χ2n) is 6.79. The van der Waals surface area contributed by atoms with Gasteiger partial charge in [0.05, 0.1) is 0 Å². The zero-order valence-electron chi connectivity index (χ0n) is 13.4. The molecule has 126 valence electrons. The average molecular weight is 437 g/mol. The molecule has 1 aromatic heterocycles. The predicted molar refractivity (Wildman–Crippen MR) is 97.8 cm³/mol. The molecular formula is C18H20IN3O2. The van der Waals surface area contributed by atoms with Crippen molar-refractivity contribution in [2.45, 2.75) is 38.0 Å². The van der Waals surface area contributed by atoms with Gasteiger partial charge in [0.15, 0.2) is 5.82 Å². The summed E-state index contributed by atoms with van der Waals surface area (Å²) in [6.07, 6.45) is 5.28. The summed E-state index contributed by atoms with van der Waals surface area (Å²) < 4.78 is 6.54. The maximum Gasteiger partial charge on any atom is 0.253 e. The molecule has 2 heterocycles. The Labute approximate surface area is 154 Å². The minimum absolute atomic E-state index is 0.125. The van der Waals surface area contributed by atoms with E-state index in [9.17, 15) is 4.79 Å². The number of carbonyl (C=O) groups excluding carboxylic acids is 1. The highest BCUT2D eigenvalue weighted by atomic mass is 127. The molecule has 0 N–H and O–H groups in total. The number of nitrogens with zero attached hydrogens (tertiary/aromatic N) is 3. The topological polar surface area (TPSA) is 59.2 Å². The molecule has 0 spiro atoms. The summed E-state index contributed by atoms with van der Waals surface area (Å²) in [6, 6.07) is 7.78. The summed E-state index contributed by atoms with van der Waals surface area (Å²) in [5, 5.41) is 4.09. The highest BCUT2D eigenvalue weighted by molar-refractivity contribution is 14.1. The van der Waals surface area contributed by atoms with Crippen LogP contribution in [-0.4, -0.2) is 34.0 Å². The lowest BCUT2D eigenvalue weighted by Gasteiger charge is -2.32. The Morgan fingerprint density at radius 3 is 2.79 bits per heavy atom. The van der Waals surface area contributed by atoms with E-state index in [1.165, 1.54) is 12.8 Å². The molecule has 4 rings (SSSR count). The highest BCUT2D eigenvalue weighted by Crippen LogP contribution is 2.38. The van der Waals surface area contributed by atoms with Gasteiger partial charge in [-0.3, -0.25) is 4.79 Å². The fourth-order valence-electron chi connectivity index (χ4n) is 3.30. The minimum atomic E-state index is 0.125.